The van der Waals surface area contributed by atoms with Crippen LogP contribution in [-0.2, 0) is 14.4 Å². The smallest absolute Gasteiger partial charge is 0.247 e. The van der Waals surface area contributed by atoms with E-state index in [1.165, 1.54) is 0 Å². The number of hydrogen-bond acceptors (Lipinski definition) is 5. The summed E-state index contributed by atoms with van der Waals surface area (Å²) in [6.07, 6.45) is 2.39. The summed E-state index contributed by atoms with van der Waals surface area (Å²) in [6, 6.07) is 12.1. The summed E-state index contributed by atoms with van der Waals surface area (Å²) in [4.78, 5) is 40.9. The number of anilines is 1. The molecule has 2 fully saturated rings. The molecule has 0 spiro atoms. The Morgan fingerprint density at radius 2 is 1.88 bits per heavy atom. The first kappa shape index (κ1) is 22.2. The Kier molecular flexibility index (Phi) is 6.72. The van der Waals surface area contributed by atoms with Gasteiger partial charge in [0, 0.05) is 11.1 Å². The van der Waals surface area contributed by atoms with Crippen molar-refractivity contribution in [3.05, 3.63) is 42.5 Å². The average molecular weight is 438 g/mol. The fourth-order valence-corrected chi connectivity index (χ4v) is 4.57. The van der Waals surface area contributed by atoms with Crippen LogP contribution in [0.1, 0.15) is 32.6 Å². The molecule has 8 nitrogen and oxygen atoms in total. The minimum atomic E-state index is -0.631. The summed E-state index contributed by atoms with van der Waals surface area (Å²) < 4.78 is 0. The maximum atomic E-state index is 13.5. The van der Waals surface area contributed by atoms with Crippen LogP contribution in [0.4, 0.5) is 5.69 Å². The molecule has 2 aliphatic rings. The summed E-state index contributed by atoms with van der Waals surface area (Å²) in [7, 11) is 1.71. The van der Waals surface area contributed by atoms with Crippen LogP contribution in [0.3, 0.4) is 0 Å². The minimum Gasteiger partial charge on any atom is -0.343 e. The topological polar surface area (TPSA) is 103 Å². The molecule has 2 aliphatic heterocycles. The molecule has 170 valence electrons. The first-order valence-corrected chi connectivity index (χ1v) is 11.3. The number of likely N-dealkylation sites (N-methyl/N-ethyl adjacent to an activating group) is 1. The van der Waals surface area contributed by atoms with Gasteiger partial charge >= 0.3 is 0 Å². The Hall–Kier alpha value is -2.97. The van der Waals surface area contributed by atoms with E-state index in [0.717, 1.165) is 29.4 Å². The van der Waals surface area contributed by atoms with E-state index in [0.29, 0.717) is 19.3 Å². The fraction of sp³-hybridized carbons (Fsp3) is 0.458. The van der Waals surface area contributed by atoms with Gasteiger partial charge in [-0.05, 0) is 57.7 Å². The van der Waals surface area contributed by atoms with Crippen molar-refractivity contribution in [1.82, 2.24) is 20.9 Å². The highest BCUT2D eigenvalue weighted by Crippen LogP contribution is 2.28. The molecule has 0 bridgehead atoms. The van der Waals surface area contributed by atoms with Gasteiger partial charge in [-0.1, -0.05) is 36.4 Å². The molecule has 4 atom stereocenters. The number of nitrogens with one attached hydrogen (secondary N) is 4. The summed E-state index contributed by atoms with van der Waals surface area (Å²) in [5, 5.41) is 14.2. The summed E-state index contributed by atoms with van der Waals surface area (Å²) >= 11 is 0. The van der Waals surface area contributed by atoms with E-state index in [1.54, 1.807) is 18.9 Å². The highest BCUT2D eigenvalue weighted by atomic mass is 16.2. The first-order chi connectivity index (χ1) is 15.5. The number of nitrogens with zero attached hydrogens (tertiary/aromatic N) is 1. The van der Waals surface area contributed by atoms with Crippen LogP contribution in [0.15, 0.2) is 42.5 Å². The number of rotatable bonds is 5. The number of hydrogen-bond donors (Lipinski definition) is 4. The standard InChI is InChI=1S/C24H31N5O3/c1-15(25-2)22(30)28-19-11-6-14-26-21-13-12-20(29(21)24(19)32)23(31)27-18-10-5-8-16-7-3-4-9-17(16)18/h3-5,7-10,15,19-21,25-26H,6,11-14H2,1-2H3,(H,27,31)(H,28,30)/t15-,19-,20+,21?/m0/s1. The van der Waals surface area contributed by atoms with Gasteiger partial charge in [-0.15, -0.1) is 0 Å². The molecule has 0 saturated carbocycles. The monoisotopic (exact) mass is 437 g/mol. The van der Waals surface area contributed by atoms with Crippen molar-refractivity contribution in [2.75, 3.05) is 18.9 Å². The van der Waals surface area contributed by atoms with E-state index in [9.17, 15) is 14.4 Å². The maximum Gasteiger partial charge on any atom is 0.247 e. The number of carbonyl (C=O) groups excluding carboxylic acids is 3. The van der Waals surface area contributed by atoms with E-state index in [2.05, 4.69) is 21.3 Å². The lowest BCUT2D eigenvalue weighted by Crippen LogP contribution is -2.60. The van der Waals surface area contributed by atoms with Crippen molar-refractivity contribution in [1.29, 1.82) is 0 Å². The summed E-state index contributed by atoms with van der Waals surface area (Å²) in [5.41, 5.74) is 0.733. The van der Waals surface area contributed by atoms with Gasteiger partial charge in [-0.3, -0.25) is 19.7 Å². The summed E-state index contributed by atoms with van der Waals surface area (Å²) in [6.45, 7) is 2.49. The second-order valence-corrected chi connectivity index (χ2v) is 8.54. The van der Waals surface area contributed by atoms with Gasteiger partial charge in [0.1, 0.15) is 12.1 Å². The van der Waals surface area contributed by atoms with Crippen molar-refractivity contribution < 1.29 is 14.4 Å². The second-order valence-electron chi connectivity index (χ2n) is 8.54. The Labute approximate surface area is 188 Å². The number of carbonyl (C=O) groups is 3. The highest BCUT2D eigenvalue weighted by molar-refractivity contribution is 6.05. The van der Waals surface area contributed by atoms with E-state index in [1.807, 2.05) is 42.5 Å². The normalized spacial score (nSPS) is 24.4. The van der Waals surface area contributed by atoms with Gasteiger partial charge in [0.2, 0.25) is 17.7 Å². The number of amides is 3. The van der Waals surface area contributed by atoms with Crippen LogP contribution in [-0.4, -0.2) is 60.5 Å². The molecule has 2 aromatic carbocycles. The lowest BCUT2D eigenvalue weighted by molar-refractivity contribution is -0.143. The molecule has 32 heavy (non-hydrogen) atoms. The lowest BCUT2D eigenvalue weighted by Gasteiger charge is -2.35. The van der Waals surface area contributed by atoms with Gasteiger partial charge in [-0.25, -0.2) is 0 Å². The van der Waals surface area contributed by atoms with Gasteiger partial charge in [0.15, 0.2) is 0 Å². The molecule has 2 saturated heterocycles. The third-order valence-electron chi connectivity index (χ3n) is 6.48. The van der Waals surface area contributed by atoms with Crippen LogP contribution < -0.4 is 21.3 Å². The Morgan fingerprint density at radius 1 is 1.09 bits per heavy atom. The zero-order chi connectivity index (χ0) is 22.7. The second kappa shape index (κ2) is 9.67. The predicted molar refractivity (Wildman–Crippen MR) is 124 cm³/mol. The van der Waals surface area contributed by atoms with Crippen LogP contribution in [0, 0.1) is 0 Å². The Bertz CT molecular complexity index is 1000. The molecule has 4 N–H and O–H groups in total. The van der Waals surface area contributed by atoms with Crippen molar-refractivity contribution in [2.45, 2.75) is 56.9 Å². The van der Waals surface area contributed by atoms with E-state index >= 15 is 0 Å². The quantitative estimate of drug-likeness (QED) is 0.569. The summed E-state index contributed by atoms with van der Waals surface area (Å²) in [5.74, 6) is -0.616. The van der Waals surface area contributed by atoms with Gasteiger partial charge in [0.05, 0.1) is 12.2 Å². The third kappa shape index (κ3) is 4.47. The van der Waals surface area contributed by atoms with Crippen LogP contribution in [0.5, 0.6) is 0 Å². The molecular weight excluding hydrogens is 406 g/mol. The Morgan fingerprint density at radius 3 is 2.69 bits per heavy atom. The van der Waals surface area contributed by atoms with Crippen molar-refractivity contribution in [3.63, 3.8) is 0 Å². The van der Waals surface area contributed by atoms with Gasteiger partial charge in [-0.2, -0.15) is 0 Å². The molecule has 0 aliphatic carbocycles. The zero-order valence-corrected chi connectivity index (χ0v) is 18.6. The molecule has 0 aromatic heterocycles. The fourth-order valence-electron chi connectivity index (χ4n) is 4.57. The molecule has 4 rings (SSSR count). The number of fused-ring (bicyclic) bond motifs is 2. The van der Waals surface area contributed by atoms with Crippen molar-refractivity contribution in [2.24, 2.45) is 0 Å². The zero-order valence-electron chi connectivity index (χ0n) is 18.6. The minimum absolute atomic E-state index is 0.200. The largest absolute Gasteiger partial charge is 0.343 e. The van der Waals surface area contributed by atoms with E-state index in [-0.39, 0.29) is 23.9 Å². The highest BCUT2D eigenvalue weighted by Gasteiger charge is 2.44. The van der Waals surface area contributed by atoms with Crippen LogP contribution in [0.25, 0.3) is 10.8 Å². The van der Waals surface area contributed by atoms with Crippen molar-refractivity contribution >= 4 is 34.2 Å². The van der Waals surface area contributed by atoms with Gasteiger partial charge < -0.3 is 20.9 Å². The lowest BCUT2D eigenvalue weighted by atomic mass is 10.1. The predicted octanol–water partition coefficient (Wildman–Crippen LogP) is 1.57. The molecule has 2 heterocycles. The Balaban J connectivity index is 1.54. The molecule has 3 amide bonds. The molecule has 0 radical (unpaired) electrons. The van der Waals surface area contributed by atoms with Crippen molar-refractivity contribution in [3.8, 4) is 0 Å². The van der Waals surface area contributed by atoms with Crippen LogP contribution in [0.2, 0.25) is 0 Å². The third-order valence-corrected chi connectivity index (χ3v) is 6.48. The van der Waals surface area contributed by atoms with E-state index in [4.69, 9.17) is 0 Å². The molecule has 2 aromatic rings. The van der Waals surface area contributed by atoms with E-state index < -0.39 is 18.1 Å². The first-order valence-electron chi connectivity index (χ1n) is 11.3. The molecule has 1 unspecified atom stereocenters. The molecule has 8 heteroatoms. The SMILES string of the molecule is CN[C@@H](C)C(=O)N[C@H]1CCCNC2CC[C@H](C(=O)Nc3cccc4ccccc34)N2C1=O. The average Bonchev–Trinajstić information content (AvgIpc) is 3.22. The maximum absolute atomic E-state index is 13.5. The van der Waals surface area contributed by atoms with Gasteiger partial charge in [0.25, 0.3) is 0 Å². The number of benzene rings is 2. The van der Waals surface area contributed by atoms with Crippen LogP contribution >= 0.6 is 0 Å². The molecular formula is C24H31N5O3.